The number of halogens is 4. The third kappa shape index (κ3) is 5.24. The Morgan fingerprint density at radius 3 is 2.63 bits per heavy atom. The van der Waals surface area contributed by atoms with Crippen molar-refractivity contribution >= 4 is 23.2 Å². The highest BCUT2D eigenvalue weighted by molar-refractivity contribution is 6.30. The fourth-order valence-corrected chi connectivity index (χ4v) is 3.05. The first-order valence-corrected chi connectivity index (χ1v) is 9.06. The zero-order valence-corrected chi connectivity index (χ0v) is 16.7. The van der Waals surface area contributed by atoms with Crippen molar-refractivity contribution in [2.45, 2.75) is 20.1 Å². The topological polar surface area (TPSA) is 65.4 Å². The van der Waals surface area contributed by atoms with Crippen LogP contribution in [0.1, 0.15) is 11.1 Å². The minimum Gasteiger partial charge on any atom is -0.490 e. The van der Waals surface area contributed by atoms with E-state index in [2.05, 4.69) is 15.0 Å². The van der Waals surface area contributed by atoms with E-state index in [-0.39, 0.29) is 29.0 Å². The monoisotopic (exact) mass is 439 g/mol. The Bertz CT molecular complexity index is 1100. The Balaban J connectivity index is 1.97. The number of methoxy groups -OCH3 is 1. The predicted octanol–water partition coefficient (Wildman–Crippen LogP) is 4.75. The summed E-state index contributed by atoms with van der Waals surface area (Å²) < 4.78 is 49.5. The highest BCUT2D eigenvalue weighted by Gasteiger charge is 2.13. The average Bonchev–Trinajstić information content (AvgIpc) is 2.64. The Labute approximate surface area is 174 Å². The second-order valence-electron chi connectivity index (χ2n) is 6.32. The third-order valence-corrected chi connectivity index (χ3v) is 4.35. The van der Waals surface area contributed by atoms with E-state index in [1.54, 1.807) is 17.6 Å². The Morgan fingerprint density at radius 1 is 1.23 bits per heavy atom. The molecule has 0 aliphatic carbocycles. The van der Waals surface area contributed by atoms with Crippen molar-refractivity contribution in [1.82, 2.24) is 9.55 Å². The maximum absolute atomic E-state index is 13.7. The summed E-state index contributed by atoms with van der Waals surface area (Å²) in [6.45, 7) is -1.12. The van der Waals surface area contributed by atoms with Gasteiger partial charge in [0.1, 0.15) is 11.6 Å². The van der Waals surface area contributed by atoms with Crippen LogP contribution >= 0.6 is 11.6 Å². The van der Waals surface area contributed by atoms with Gasteiger partial charge in [0, 0.05) is 10.7 Å². The van der Waals surface area contributed by atoms with Gasteiger partial charge in [-0.15, -0.1) is 0 Å². The largest absolute Gasteiger partial charge is 0.490 e. The fraction of sp³-hybridized carbons (Fsp3) is 0.200. The van der Waals surface area contributed by atoms with Crippen molar-refractivity contribution in [3.8, 4) is 11.5 Å². The van der Waals surface area contributed by atoms with Crippen LogP contribution in [0.2, 0.25) is 5.02 Å². The molecule has 1 aromatic heterocycles. The smallest absolute Gasteiger partial charge is 0.387 e. The highest BCUT2D eigenvalue weighted by Crippen LogP contribution is 2.26. The molecule has 0 radical (unpaired) electrons. The van der Waals surface area contributed by atoms with Crippen molar-refractivity contribution in [3.05, 3.63) is 74.9 Å². The molecule has 158 valence electrons. The zero-order chi connectivity index (χ0) is 21.8. The molecule has 1 N–H and O–H groups in total. The van der Waals surface area contributed by atoms with E-state index >= 15 is 0 Å². The van der Waals surface area contributed by atoms with E-state index in [9.17, 15) is 18.0 Å². The Kier molecular flexibility index (Phi) is 6.51. The number of rotatable bonds is 7. The number of anilines is 2. The van der Waals surface area contributed by atoms with E-state index in [0.717, 1.165) is 0 Å². The van der Waals surface area contributed by atoms with Crippen LogP contribution in [-0.4, -0.2) is 23.3 Å². The lowest BCUT2D eigenvalue weighted by atomic mass is 10.2. The van der Waals surface area contributed by atoms with Crippen LogP contribution in [0, 0.1) is 12.7 Å². The summed E-state index contributed by atoms with van der Waals surface area (Å²) in [6.07, 6.45) is 1.43. The summed E-state index contributed by atoms with van der Waals surface area (Å²) in [7, 11) is 1.33. The first-order valence-electron chi connectivity index (χ1n) is 8.68. The number of aromatic nitrogens is 2. The van der Waals surface area contributed by atoms with Gasteiger partial charge in [-0.25, -0.2) is 4.39 Å². The number of alkyl halides is 2. The summed E-state index contributed by atoms with van der Waals surface area (Å²) in [6, 6.07) is 8.38. The molecule has 10 heteroatoms. The maximum Gasteiger partial charge on any atom is 0.387 e. The molecule has 0 fully saturated rings. The number of hydrogen-bond acceptors (Lipinski definition) is 5. The van der Waals surface area contributed by atoms with E-state index in [0.29, 0.717) is 16.8 Å². The predicted molar refractivity (Wildman–Crippen MR) is 107 cm³/mol. The standard InChI is InChI=1S/C20H17ClF3N3O3/c1-11-5-15(30-19(23)24)3-4-16(11)25-20-26-18(28)17(29-2)10-27(20)9-12-6-13(21)8-14(22)7-12/h3-8,10,19H,9H2,1-2H3,(H,25,26,28). The quantitative estimate of drug-likeness (QED) is 0.575. The van der Waals surface area contributed by atoms with Gasteiger partial charge in [0.2, 0.25) is 11.7 Å². The van der Waals surface area contributed by atoms with Crippen LogP contribution in [0.25, 0.3) is 0 Å². The average molecular weight is 440 g/mol. The summed E-state index contributed by atoms with van der Waals surface area (Å²) in [5.74, 6) is -0.353. The Hall–Kier alpha value is -3.20. The minimum absolute atomic E-state index is 0.000420. The van der Waals surface area contributed by atoms with E-state index in [4.69, 9.17) is 16.3 Å². The normalized spacial score (nSPS) is 10.9. The molecule has 0 unspecified atom stereocenters. The van der Waals surface area contributed by atoms with Gasteiger partial charge in [-0.1, -0.05) is 11.6 Å². The van der Waals surface area contributed by atoms with Crippen LogP contribution in [0.3, 0.4) is 0 Å². The molecule has 0 aliphatic heterocycles. The third-order valence-electron chi connectivity index (χ3n) is 4.13. The molecule has 0 aliphatic rings. The van der Waals surface area contributed by atoms with Crippen LogP contribution in [0.4, 0.5) is 24.8 Å². The second kappa shape index (κ2) is 9.08. The molecule has 3 aromatic rings. The van der Waals surface area contributed by atoms with Gasteiger partial charge >= 0.3 is 12.2 Å². The number of nitrogens with zero attached hydrogens (tertiary/aromatic N) is 2. The van der Waals surface area contributed by atoms with Crippen molar-refractivity contribution in [2.24, 2.45) is 0 Å². The molecule has 3 rings (SSSR count). The molecule has 0 saturated heterocycles. The molecule has 0 atom stereocenters. The molecule has 30 heavy (non-hydrogen) atoms. The van der Waals surface area contributed by atoms with Crippen LogP contribution in [0.15, 0.2) is 47.4 Å². The van der Waals surface area contributed by atoms with Gasteiger partial charge in [0.15, 0.2) is 0 Å². The van der Waals surface area contributed by atoms with Crippen LogP contribution in [-0.2, 0) is 6.54 Å². The molecule has 0 bridgehead atoms. The molecular formula is C20H17ClF3N3O3. The van der Waals surface area contributed by atoms with Crippen LogP contribution in [0.5, 0.6) is 11.5 Å². The maximum atomic E-state index is 13.7. The SMILES string of the molecule is COc1cn(Cc2cc(F)cc(Cl)c2)c(Nc2ccc(OC(F)F)cc2C)nc1=O. The molecule has 0 amide bonds. The first-order chi connectivity index (χ1) is 14.2. The molecule has 0 saturated carbocycles. The van der Waals surface area contributed by atoms with Gasteiger partial charge in [0.25, 0.3) is 0 Å². The van der Waals surface area contributed by atoms with Crippen LogP contribution < -0.4 is 20.3 Å². The second-order valence-corrected chi connectivity index (χ2v) is 6.76. The summed E-state index contributed by atoms with van der Waals surface area (Å²) in [5.41, 5.74) is 1.02. The summed E-state index contributed by atoms with van der Waals surface area (Å²) >= 11 is 5.92. The summed E-state index contributed by atoms with van der Waals surface area (Å²) in [4.78, 5) is 16.1. The lowest BCUT2D eigenvalue weighted by Crippen LogP contribution is -2.19. The number of nitrogens with one attached hydrogen (secondary N) is 1. The zero-order valence-electron chi connectivity index (χ0n) is 16.0. The van der Waals surface area contributed by atoms with Gasteiger partial charge in [-0.05, 0) is 54.4 Å². The van der Waals surface area contributed by atoms with Gasteiger partial charge < -0.3 is 19.4 Å². The van der Waals surface area contributed by atoms with E-state index in [1.165, 1.54) is 43.6 Å². The van der Waals surface area contributed by atoms with Gasteiger partial charge in [-0.3, -0.25) is 4.79 Å². The van der Waals surface area contributed by atoms with Gasteiger partial charge in [-0.2, -0.15) is 13.8 Å². The molecule has 2 aromatic carbocycles. The van der Waals surface area contributed by atoms with Crippen molar-refractivity contribution in [3.63, 3.8) is 0 Å². The first kappa shape index (κ1) is 21.5. The van der Waals surface area contributed by atoms with E-state index in [1.807, 2.05) is 0 Å². The number of hydrogen-bond donors (Lipinski definition) is 1. The minimum atomic E-state index is -2.94. The van der Waals surface area contributed by atoms with E-state index < -0.39 is 18.0 Å². The number of ether oxygens (including phenoxy) is 2. The number of benzene rings is 2. The fourth-order valence-electron chi connectivity index (χ4n) is 2.81. The lowest BCUT2D eigenvalue weighted by molar-refractivity contribution is -0.0498. The van der Waals surface area contributed by atoms with Gasteiger partial charge in [0.05, 0.1) is 19.9 Å². The van der Waals surface area contributed by atoms with Crippen molar-refractivity contribution < 1.29 is 22.6 Å². The number of aryl methyl sites for hydroxylation is 1. The molecular weight excluding hydrogens is 423 g/mol. The highest BCUT2D eigenvalue weighted by atomic mass is 35.5. The molecule has 6 nitrogen and oxygen atoms in total. The Morgan fingerprint density at radius 2 is 2.00 bits per heavy atom. The van der Waals surface area contributed by atoms with Crippen molar-refractivity contribution in [1.29, 1.82) is 0 Å². The van der Waals surface area contributed by atoms with Crippen molar-refractivity contribution in [2.75, 3.05) is 12.4 Å². The molecule has 0 spiro atoms. The lowest BCUT2D eigenvalue weighted by Gasteiger charge is -2.17. The summed E-state index contributed by atoms with van der Waals surface area (Å²) in [5, 5.41) is 3.22. The molecule has 1 heterocycles.